The van der Waals surface area contributed by atoms with Crippen LogP contribution in [0.5, 0.6) is 11.6 Å². The molecule has 0 amide bonds. The molecule has 1 heterocycles. The van der Waals surface area contributed by atoms with E-state index in [0.717, 1.165) is 11.3 Å². The number of hydrogen-bond acceptors (Lipinski definition) is 4. The van der Waals surface area contributed by atoms with Crippen molar-refractivity contribution in [1.82, 2.24) is 9.97 Å². The molecule has 2 aromatic rings. The summed E-state index contributed by atoms with van der Waals surface area (Å²) in [6.07, 6.45) is 3.01. The number of aromatic nitrogens is 2. The molecule has 0 saturated heterocycles. The van der Waals surface area contributed by atoms with Gasteiger partial charge >= 0.3 is 0 Å². The number of aryl methyl sites for hydroxylation is 1. The lowest BCUT2D eigenvalue weighted by Crippen LogP contribution is -1.96. The molecule has 0 fully saturated rings. The van der Waals surface area contributed by atoms with Crippen molar-refractivity contribution in [1.29, 1.82) is 0 Å². The first-order valence-corrected chi connectivity index (χ1v) is 5.92. The molecule has 2 rings (SSSR count). The van der Waals surface area contributed by atoms with Gasteiger partial charge in [-0.2, -0.15) is 0 Å². The Bertz CT molecular complexity index is 535. The Balaban J connectivity index is 2.27. The molecular formula is C14H17N3O. The second-order valence-corrected chi connectivity index (χ2v) is 4.56. The summed E-state index contributed by atoms with van der Waals surface area (Å²) in [6, 6.07) is 6.20. The number of ether oxygens (including phenoxy) is 1. The van der Waals surface area contributed by atoms with E-state index in [1.54, 1.807) is 0 Å². The monoisotopic (exact) mass is 243 g/mol. The van der Waals surface area contributed by atoms with Gasteiger partial charge < -0.3 is 10.5 Å². The quantitative estimate of drug-likeness (QED) is 0.898. The third-order valence-electron chi connectivity index (χ3n) is 2.74. The predicted molar refractivity (Wildman–Crippen MR) is 71.8 cm³/mol. The van der Waals surface area contributed by atoms with Gasteiger partial charge in [0.25, 0.3) is 0 Å². The molecule has 0 atom stereocenters. The Morgan fingerprint density at radius 1 is 1.17 bits per heavy atom. The number of nitrogens with two attached hydrogens (primary N) is 1. The Labute approximate surface area is 107 Å². The maximum atomic E-state index is 5.73. The normalized spacial score (nSPS) is 10.7. The lowest BCUT2D eigenvalue weighted by molar-refractivity contribution is 0.456. The van der Waals surface area contributed by atoms with Crippen molar-refractivity contribution >= 4 is 5.82 Å². The number of nitrogen functional groups attached to an aromatic ring is 1. The van der Waals surface area contributed by atoms with E-state index in [4.69, 9.17) is 10.5 Å². The zero-order valence-corrected chi connectivity index (χ0v) is 10.8. The molecule has 1 aromatic carbocycles. The van der Waals surface area contributed by atoms with Gasteiger partial charge in [0.2, 0.25) is 5.88 Å². The molecule has 4 heteroatoms. The van der Waals surface area contributed by atoms with Gasteiger partial charge in [-0.3, -0.25) is 0 Å². The predicted octanol–water partition coefficient (Wildman–Crippen LogP) is 3.28. The van der Waals surface area contributed by atoms with Gasteiger partial charge in [-0.1, -0.05) is 26.0 Å². The summed E-state index contributed by atoms with van der Waals surface area (Å²) in [5, 5.41) is 0. The molecular weight excluding hydrogens is 226 g/mol. The lowest BCUT2D eigenvalue weighted by Gasteiger charge is -2.11. The molecule has 1 aromatic heterocycles. The SMILES string of the molecule is Cc1ccc(C(C)C)cc1Oc1cnc(N)cn1. The van der Waals surface area contributed by atoms with E-state index in [2.05, 4.69) is 35.9 Å². The second kappa shape index (κ2) is 5.04. The van der Waals surface area contributed by atoms with E-state index in [1.165, 1.54) is 18.0 Å². The average Bonchev–Trinajstić information content (AvgIpc) is 2.34. The highest BCUT2D eigenvalue weighted by Gasteiger charge is 2.06. The number of rotatable bonds is 3. The molecule has 0 aliphatic rings. The first kappa shape index (κ1) is 12.4. The first-order chi connectivity index (χ1) is 8.56. The Hall–Kier alpha value is -2.10. The van der Waals surface area contributed by atoms with Crippen LogP contribution in [0.3, 0.4) is 0 Å². The molecule has 0 aliphatic heterocycles. The fourth-order valence-corrected chi connectivity index (χ4v) is 1.58. The third kappa shape index (κ3) is 2.77. The van der Waals surface area contributed by atoms with Gasteiger partial charge in [0.1, 0.15) is 11.6 Å². The maximum Gasteiger partial charge on any atom is 0.237 e. The van der Waals surface area contributed by atoms with Gasteiger partial charge in [-0.05, 0) is 30.0 Å². The summed E-state index contributed by atoms with van der Waals surface area (Å²) >= 11 is 0. The highest BCUT2D eigenvalue weighted by atomic mass is 16.5. The van der Waals surface area contributed by atoms with E-state index >= 15 is 0 Å². The first-order valence-electron chi connectivity index (χ1n) is 5.92. The minimum atomic E-state index is 0.384. The molecule has 2 N–H and O–H groups in total. The van der Waals surface area contributed by atoms with Gasteiger partial charge in [-0.15, -0.1) is 0 Å². The van der Waals surface area contributed by atoms with E-state index in [0.29, 0.717) is 17.6 Å². The minimum Gasteiger partial charge on any atom is -0.437 e. The summed E-state index contributed by atoms with van der Waals surface area (Å²) in [5.41, 5.74) is 7.79. The number of hydrogen-bond donors (Lipinski definition) is 1. The lowest BCUT2D eigenvalue weighted by atomic mass is 10.0. The molecule has 94 valence electrons. The van der Waals surface area contributed by atoms with E-state index in [-0.39, 0.29) is 0 Å². The molecule has 0 bridgehead atoms. The Morgan fingerprint density at radius 2 is 1.94 bits per heavy atom. The number of benzene rings is 1. The summed E-state index contributed by atoms with van der Waals surface area (Å²) in [6.45, 7) is 6.30. The summed E-state index contributed by atoms with van der Waals surface area (Å²) in [4.78, 5) is 8.03. The summed E-state index contributed by atoms with van der Waals surface area (Å²) in [5.74, 6) is 2.11. The van der Waals surface area contributed by atoms with Crippen LogP contribution < -0.4 is 10.5 Å². The second-order valence-electron chi connectivity index (χ2n) is 4.56. The Morgan fingerprint density at radius 3 is 2.56 bits per heavy atom. The molecule has 0 radical (unpaired) electrons. The molecule has 18 heavy (non-hydrogen) atoms. The largest absolute Gasteiger partial charge is 0.437 e. The van der Waals surface area contributed by atoms with Crippen molar-refractivity contribution in [3.05, 3.63) is 41.7 Å². The highest BCUT2D eigenvalue weighted by Crippen LogP contribution is 2.27. The van der Waals surface area contributed by atoms with Gasteiger partial charge in [-0.25, -0.2) is 9.97 Å². The zero-order chi connectivity index (χ0) is 13.1. The van der Waals surface area contributed by atoms with Crippen LogP contribution >= 0.6 is 0 Å². The average molecular weight is 243 g/mol. The molecule has 4 nitrogen and oxygen atoms in total. The van der Waals surface area contributed by atoms with Crippen molar-refractivity contribution in [2.45, 2.75) is 26.7 Å². The van der Waals surface area contributed by atoms with Crippen LogP contribution in [0.2, 0.25) is 0 Å². The standard InChI is InChI=1S/C14H17N3O/c1-9(2)11-5-4-10(3)12(6-11)18-14-8-16-13(15)7-17-14/h4-9H,1-3H3,(H2,15,16). The van der Waals surface area contributed by atoms with Crippen LogP contribution in [-0.4, -0.2) is 9.97 Å². The van der Waals surface area contributed by atoms with Crippen LogP contribution in [-0.2, 0) is 0 Å². The van der Waals surface area contributed by atoms with Gasteiger partial charge in [0.05, 0.1) is 12.4 Å². The van der Waals surface area contributed by atoms with Crippen molar-refractivity contribution < 1.29 is 4.74 Å². The third-order valence-corrected chi connectivity index (χ3v) is 2.74. The van der Waals surface area contributed by atoms with Crippen LogP contribution in [0.4, 0.5) is 5.82 Å². The van der Waals surface area contributed by atoms with E-state index in [1.807, 2.05) is 13.0 Å². The fourth-order valence-electron chi connectivity index (χ4n) is 1.58. The van der Waals surface area contributed by atoms with Crippen LogP contribution in [0.1, 0.15) is 30.9 Å². The van der Waals surface area contributed by atoms with Gasteiger partial charge in [0.15, 0.2) is 0 Å². The molecule has 0 spiro atoms. The highest BCUT2D eigenvalue weighted by molar-refractivity contribution is 5.40. The maximum absolute atomic E-state index is 5.73. The van der Waals surface area contributed by atoms with Crippen molar-refractivity contribution in [3.63, 3.8) is 0 Å². The smallest absolute Gasteiger partial charge is 0.237 e. The number of anilines is 1. The van der Waals surface area contributed by atoms with Gasteiger partial charge in [0, 0.05) is 0 Å². The van der Waals surface area contributed by atoms with Crippen LogP contribution in [0.25, 0.3) is 0 Å². The Kier molecular flexibility index (Phi) is 3.46. The van der Waals surface area contributed by atoms with Crippen molar-refractivity contribution in [2.24, 2.45) is 0 Å². The molecule has 0 unspecified atom stereocenters. The number of nitrogens with zero attached hydrogens (tertiary/aromatic N) is 2. The topological polar surface area (TPSA) is 61.0 Å². The minimum absolute atomic E-state index is 0.384. The van der Waals surface area contributed by atoms with Crippen LogP contribution in [0, 0.1) is 6.92 Å². The van der Waals surface area contributed by atoms with Crippen molar-refractivity contribution in [3.8, 4) is 11.6 Å². The van der Waals surface area contributed by atoms with Crippen LogP contribution in [0.15, 0.2) is 30.6 Å². The van der Waals surface area contributed by atoms with E-state index in [9.17, 15) is 0 Å². The summed E-state index contributed by atoms with van der Waals surface area (Å²) < 4.78 is 5.73. The molecule has 0 aliphatic carbocycles. The fraction of sp³-hybridized carbons (Fsp3) is 0.286. The van der Waals surface area contributed by atoms with E-state index < -0.39 is 0 Å². The van der Waals surface area contributed by atoms with Crippen molar-refractivity contribution in [2.75, 3.05) is 5.73 Å². The zero-order valence-electron chi connectivity index (χ0n) is 10.8. The summed E-state index contributed by atoms with van der Waals surface area (Å²) in [7, 11) is 0. The molecule has 0 saturated carbocycles.